The number of rotatable bonds is 5. The number of hydrogen-bond donors (Lipinski definition) is 2. The van der Waals surface area contributed by atoms with E-state index in [1.165, 1.54) is 6.42 Å². The molecular formula is C25H34N2O6. The number of amides is 2. The van der Waals surface area contributed by atoms with Gasteiger partial charge >= 0.3 is 0 Å². The van der Waals surface area contributed by atoms with Gasteiger partial charge in [-0.25, -0.2) is 0 Å². The number of fused-ring (bicyclic) bond motifs is 3. The molecule has 3 fully saturated rings. The number of aliphatic hydroxyl groups is 1. The summed E-state index contributed by atoms with van der Waals surface area (Å²) in [7, 11) is 0. The summed E-state index contributed by atoms with van der Waals surface area (Å²) in [4.78, 5) is 27.4. The van der Waals surface area contributed by atoms with Crippen molar-refractivity contribution in [1.82, 2.24) is 4.90 Å². The van der Waals surface area contributed by atoms with Gasteiger partial charge in [-0.05, 0) is 56.7 Å². The molecule has 180 valence electrons. The van der Waals surface area contributed by atoms with Gasteiger partial charge in [0, 0.05) is 49.4 Å². The highest BCUT2D eigenvalue weighted by atomic mass is 16.6. The highest BCUT2D eigenvalue weighted by molar-refractivity contribution is 5.92. The van der Waals surface area contributed by atoms with Gasteiger partial charge in [-0.1, -0.05) is 0 Å². The van der Waals surface area contributed by atoms with Gasteiger partial charge in [0.1, 0.15) is 18.0 Å². The Morgan fingerprint density at radius 3 is 2.67 bits per heavy atom. The molecule has 8 heteroatoms. The van der Waals surface area contributed by atoms with Gasteiger partial charge < -0.3 is 29.5 Å². The third-order valence-corrected chi connectivity index (χ3v) is 7.47. The third kappa shape index (κ3) is 4.88. The van der Waals surface area contributed by atoms with Gasteiger partial charge in [-0.3, -0.25) is 9.59 Å². The number of piperidine rings is 1. The first-order chi connectivity index (χ1) is 16.1. The van der Waals surface area contributed by atoms with Gasteiger partial charge in [-0.2, -0.15) is 0 Å². The predicted molar refractivity (Wildman–Crippen MR) is 121 cm³/mol. The van der Waals surface area contributed by atoms with E-state index in [0.717, 1.165) is 55.8 Å². The maximum absolute atomic E-state index is 12.8. The molecule has 4 atom stereocenters. The van der Waals surface area contributed by atoms with E-state index < -0.39 is 6.10 Å². The molecule has 5 rings (SSSR count). The van der Waals surface area contributed by atoms with E-state index in [9.17, 15) is 14.7 Å². The summed E-state index contributed by atoms with van der Waals surface area (Å²) in [6.45, 7) is 2.74. The molecule has 0 aliphatic carbocycles. The SMILES string of the molecule is O=C(Nc1ccc2c(c1)[C@@H]1C[C@H](CC(=O)N3CCCCC3)O[C@H](CO)[C@@H]1O2)C1CCOCC1. The quantitative estimate of drug-likeness (QED) is 0.704. The third-order valence-electron chi connectivity index (χ3n) is 7.47. The Morgan fingerprint density at radius 1 is 1.12 bits per heavy atom. The predicted octanol–water partition coefficient (Wildman–Crippen LogP) is 2.45. The molecule has 8 nitrogen and oxygen atoms in total. The van der Waals surface area contributed by atoms with Crippen molar-refractivity contribution in [1.29, 1.82) is 0 Å². The van der Waals surface area contributed by atoms with Crippen molar-refractivity contribution in [3.8, 4) is 5.75 Å². The van der Waals surface area contributed by atoms with Crippen LogP contribution in [0.4, 0.5) is 5.69 Å². The minimum atomic E-state index is -0.476. The summed E-state index contributed by atoms with van der Waals surface area (Å²) in [6.07, 6.45) is 4.76. The first kappa shape index (κ1) is 22.6. The molecule has 33 heavy (non-hydrogen) atoms. The van der Waals surface area contributed by atoms with Crippen molar-refractivity contribution in [3.05, 3.63) is 23.8 Å². The largest absolute Gasteiger partial charge is 0.487 e. The topological polar surface area (TPSA) is 97.3 Å². The van der Waals surface area contributed by atoms with Crippen LogP contribution in [0.2, 0.25) is 0 Å². The van der Waals surface area contributed by atoms with Crippen LogP contribution in [0.1, 0.15) is 56.4 Å². The average molecular weight is 459 g/mol. The van der Waals surface area contributed by atoms with E-state index in [1.54, 1.807) is 0 Å². The monoisotopic (exact) mass is 458 g/mol. The Labute approximate surface area is 194 Å². The van der Waals surface area contributed by atoms with Crippen LogP contribution in [0.5, 0.6) is 5.75 Å². The number of benzene rings is 1. The number of hydrogen-bond acceptors (Lipinski definition) is 6. The van der Waals surface area contributed by atoms with Gasteiger partial charge in [-0.15, -0.1) is 0 Å². The Hall–Kier alpha value is -2.16. The number of likely N-dealkylation sites (tertiary alicyclic amines) is 1. The van der Waals surface area contributed by atoms with Crippen molar-refractivity contribution in [2.24, 2.45) is 5.92 Å². The zero-order valence-corrected chi connectivity index (χ0v) is 19.0. The lowest BCUT2D eigenvalue weighted by atomic mass is 9.84. The van der Waals surface area contributed by atoms with Gasteiger partial charge in [0.25, 0.3) is 0 Å². The Bertz CT molecular complexity index is 864. The second-order valence-electron chi connectivity index (χ2n) is 9.68. The van der Waals surface area contributed by atoms with Crippen molar-refractivity contribution >= 4 is 17.5 Å². The van der Waals surface area contributed by atoms with Crippen LogP contribution in [-0.4, -0.2) is 73.0 Å². The second-order valence-corrected chi connectivity index (χ2v) is 9.68. The van der Waals surface area contributed by atoms with E-state index in [0.29, 0.717) is 26.1 Å². The first-order valence-electron chi connectivity index (χ1n) is 12.4. The lowest BCUT2D eigenvalue weighted by Crippen LogP contribution is -2.48. The molecule has 0 saturated carbocycles. The molecule has 1 aromatic carbocycles. The number of nitrogens with one attached hydrogen (secondary N) is 1. The molecule has 0 radical (unpaired) electrons. The molecule has 0 spiro atoms. The summed E-state index contributed by atoms with van der Waals surface area (Å²) in [5.41, 5.74) is 1.77. The van der Waals surface area contributed by atoms with Crippen molar-refractivity contribution in [3.63, 3.8) is 0 Å². The zero-order valence-electron chi connectivity index (χ0n) is 19.0. The van der Waals surface area contributed by atoms with Crippen LogP contribution in [0.3, 0.4) is 0 Å². The number of carbonyl (C=O) groups is 2. The maximum Gasteiger partial charge on any atom is 0.227 e. The molecule has 1 aromatic rings. The lowest BCUT2D eigenvalue weighted by Gasteiger charge is -2.38. The second kappa shape index (κ2) is 9.99. The Balaban J connectivity index is 1.28. The summed E-state index contributed by atoms with van der Waals surface area (Å²) in [5, 5.41) is 13.0. The summed E-state index contributed by atoms with van der Waals surface area (Å²) >= 11 is 0. The molecule has 4 heterocycles. The number of aliphatic hydroxyl groups excluding tert-OH is 1. The van der Waals surface area contributed by atoms with E-state index in [2.05, 4.69) is 5.32 Å². The Morgan fingerprint density at radius 2 is 1.91 bits per heavy atom. The molecule has 2 N–H and O–H groups in total. The van der Waals surface area contributed by atoms with Crippen LogP contribution in [0.15, 0.2) is 18.2 Å². The van der Waals surface area contributed by atoms with E-state index in [-0.39, 0.29) is 42.5 Å². The maximum atomic E-state index is 12.8. The fourth-order valence-corrected chi connectivity index (χ4v) is 5.64. The summed E-state index contributed by atoms with van der Waals surface area (Å²) < 4.78 is 17.6. The fraction of sp³-hybridized carbons (Fsp3) is 0.680. The molecule has 3 saturated heterocycles. The van der Waals surface area contributed by atoms with Crippen LogP contribution >= 0.6 is 0 Å². The van der Waals surface area contributed by atoms with Crippen LogP contribution in [0.25, 0.3) is 0 Å². The molecule has 4 aliphatic rings. The fourth-order valence-electron chi connectivity index (χ4n) is 5.64. The normalized spacial score (nSPS) is 29.7. The number of ether oxygens (including phenoxy) is 3. The van der Waals surface area contributed by atoms with E-state index in [4.69, 9.17) is 14.2 Å². The van der Waals surface area contributed by atoms with Crippen molar-refractivity contribution < 1.29 is 28.9 Å². The van der Waals surface area contributed by atoms with Crippen LogP contribution < -0.4 is 10.1 Å². The first-order valence-corrected chi connectivity index (χ1v) is 12.4. The zero-order chi connectivity index (χ0) is 22.8. The van der Waals surface area contributed by atoms with E-state index in [1.807, 2.05) is 23.1 Å². The highest BCUT2D eigenvalue weighted by Gasteiger charge is 2.46. The minimum Gasteiger partial charge on any atom is -0.487 e. The van der Waals surface area contributed by atoms with E-state index >= 15 is 0 Å². The molecular weight excluding hydrogens is 424 g/mol. The summed E-state index contributed by atoms with van der Waals surface area (Å²) in [5.74, 6) is 0.914. The molecule has 0 aromatic heterocycles. The molecule has 2 amide bonds. The average Bonchev–Trinajstić information content (AvgIpc) is 3.22. The van der Waals surface area contributed by atoms with Crippen molar-refractivity contribution in [2.75, 3.05) is 38.2 Å². The molecule has 0 bridgehead atoms. The number of anilines is 1. The van der Waals surface area contributed by atoms with Crippen LogP contribution in [0, 0.1) is 5.92 Å². The highest BCUT2D eigenvalue weighted by Crippen LogP contribution is 2.47. The standard InChI is InChI=1S/C25H34N2O6/c28-15-22-24-20(13-18(32-22)14-23(29)27-8-2-1-3-9-27)19-12-17(4-5-21(19)33-24)26-25(30)16-6-10-31-11-7-16/h4-5,12,16,18,20,22,24,28H,1-3,6-11,13-15H2,(H,26,30)/t18-,20+,22-,24-/m1/s1. The summed E-state index contributed by atoms with van der Waals surface area (Å²) in [6, 6.07) is 5.73. The minimum absolute atomic E-state index is 0.0185. The Kier molecular flexibility index (Phi) is 6.85. The molecule has 4 aliphatic heterocycles. The molecule has 0 unspecified atom stereocenters. The number of nitrogens with zero attached hydrogens (tertiary/aromatic N) is 1. The lowest BCUT2D eigenvalue weighted by molar-refractivity contribution is -0.149. The van der Waals surface area contributed by atoms with Gasteiger partial charge in [0.2, 0.25) is 11.8 Å². The van der Waals surface area contributed by atoms with Crippen molar-refractivity contribution in [2.45, 2.75) is 69.2 Å². The van der Waals surface area contributed by atoms with Crippen LogP contribution in [-0.2, 0) is 19.1 Å². The van der Waals surface area contributed by atoms with Gasteiger partial charge in [0.05, 0.1) is 19.1 Å². The smallest absolute Gasteiger partial charge is 0.227 e. The number of carbonyl (C=O) groups excluding carboxylic acids is 2. The van der Waals surface area contributed by atoms with Gasteiger partial charge in [0.15, 0.2) is 0 Å².